The first-order valence-electron chi connectivity index (χ1n) is 7.87. The van der Waals surface area contributed by atoms with E-state index in [1.54, 1.807) is 6.07 Å². The Labute approximate surface area is 135 Å². The molecule has 3 N–H and O–H groups in total. The molecule has 0 amide bonds. The summed E-state index contributed by atoms with van der Waals surface area (Å²) in [5, 5.41) is 0. The normalized spacial score (nSPS) is 19.1. The predicted molar refractivity (Wildman–Crippen MR) is 89.3 cm³/mol. The Balaban J connectivity index is 2.22. The highest BCUT2D eigenvalue weighted by Gasteiger charge is 2.41. The van der Waals surface area contributed by atoms with E-state index in [0.717, 1.165) is 16.5 Å². The van der Waals surface area contributed by atoms with Gasteiger partial charge in [0, 0.05) is 10.5 Å². The van der Waals surface area contributed by atoms with Crippen LogP contribution in [0.3, 0.4) is 0 Å². The van der Waals surface area contributed by atoms with Gasteiger partial charge in [0.25, 0.3) is 0 Å². The summed E-state index contributed by atoms with van der Waals surface area (Å²) in [6.45, 7) is 4.51. The van der Waals surface area contributed by atoms with Gasteiger partial charge in [-0.05, 0) is 60.8 Å². The van der Waals surface area contributed by atoms with Gasteiger partial charge in [0.2, 0.25) is 0 Å². The molecule has 118 valence electrons. The zero-order chi connectivity index (χ0) is 15.5. The first kappa shape index (κ1) is 16.9. The predicted octanol–water partition coefficient (Wildman–Crippen LogP) is 4.57. The Hall–Kier alpha value is -0.450. The van der Waals surface area contributed by atoms with Crippen LogP contribution in [0.2, 0.25) is 0 Å². The molecule has 4 heteroatoms. The number of rotatable bonds is 6. The van der Waals surface area contributed by atoms with Gasteiger partial charge in [-0.1, -0.05) is 42.6 Å². The fourth-order valence-electron chi connectivity index (χ4n) is 3.96. The van der Waals surface area contributed by atoms with Crippen molar-refractivity contribution in [1.82, 2.24) is 5.43 Å². The van der Waals surface area contributed by atoms with E-state index in [1.165, 1.54) is 31.7 Å². The lowest BCUT2D eigenvalue weighted by Crippen LogP contribution is -2.49. The third kappa shape index (κ3) is 4.05. The third-order valence-electron chi connectivity index (χ3n) is 4.79. The van der Waals surface area contributed by atoms with Crippen LogP contribution in [-0.4, -0.2) is 6.04 Å². The van der Waals surface area contributed by atoms with Crippen molar-refractivity contribution in [3.8, 4) is 0 Å². The Bertz CT molecular complexity index is 470. The van der Waals surface area contributed by atoms with Crippen molar-refractivity contribution in [3.05, 3.63) is 34.1 Å². The molecule has 1 atom stereocenters. The minimum absolute atomic E-state index is 0.131. The maximum Gasteiger partial charge on any atom is 0.126 e. The molecule has 0 bridgehead atoms. The van der Waals surface area contributed by atoms with Crippen LogP contribution in [0.5, 0.6) is 0 Å². The van der Waals surface area contributed by atoms with Crippen LogP contribution in [0.15, 0.2) is 22.7 Å². The number of nitrogens with one attached hydrogen (secondary N) is 1. The molecule has 2 nitrogen and oxygen atoms in total. The number of nitrogens with two attached hydrogens (primary N) is 1. The van der Waals surface area contributed by atoms with Crippen molar-refractivity contribution in [3.63, 3.8) is 0 Å². The highest BCUT2D eigenvalue weighted by Crippen LogP contribution is 2.46. The highest BCUT2D eigenvalue weighted by molar-refractivity contribution is 9.10. The van der Waals surface area contributed by atoms with Crippen molar-refractivity contribution in [2.45, 2.75) is 58.4 Å². The molecule has 1 saturated carbocycles. The van der Waals surface area contributed by atoms with Crippen molar-refractivity contribution in [2.24, 2.45) is 17.2 Å². The molecule has 0 radical (unpaired) electrons. The molecule has 1 aromatic carbocycles. The van der Waals surface area contributed by atoms with Crippen LogP contribution >= 0.6 is 15.9 Å². The molecule has 1 aliphatic rings. The van der Waals surface area contributed by atoms with Crippen molar-refractivity contribution in [1.29, 1.82) is 0 Å². The van der Waals surface area contributed by atoms with Gasteiger partial charge in [-0.25, -0.2) is 4.39 Å². The minimum atomic E-state index is -0.142. The number of hydrogen-bond donors (Lipinski definition) is 2. The lowest BCUT2D eigenvalue weighted by Gasteiger charge is -2.39. The summed E-state index contributed by atoms with van der Waals surface area (Å²) >= 11 is 3.43. The van der Waals surface area contributed by atoms with E-state index in [2.05, 4.69) is 35.2 Å². The van der Waals surface area contributed by atoms with E-state index >= 15 is 0 Å². The standard InChI is InChI=1S/C17H26BrFN2/c1-12(2)11-17(7-3-4-8-17)16(21-20)10-13-9-14(18)5-6-15(13)19/h5-6,9,12,16,21H,3-4,7-8,10-11,20H2,1-2H3. The van der Waals surface area contributed by atoms with Crippen LogP contribution in [0.25, 0.3) is 0 Å². The van der Waals surface area contributed by atoms with E-state index in [1.807, 2.05) is 6.07 Å². The fraction of sp³-hybridized carbons (Fsp3) is 0.647. The second kappa shape index (κ2) is 7.21. The summed E-state index contributed by atoms with van der Waals surface area (Å²) < 4.78 is 15.0. The van der Waals surface area contributed by atoms with Crippen molar-refractivity contribution in [2.75, 3.05) is 0 Å². The second-order valence-electron chi connectivity index (χ2n) is 6.83. The molecule has 2 rings (SSSR count). The van der Waals surface area contributed by atoms with E-state index in [4.69, 9.17) is 5.84 Å². The van der Waals surface area contributed by atoms with E-state index < -0.39 is 0 Å². The molecular formula is C17H26BrFN2. The molecule has 1 unspecified atom stereocenters. The zero-order valence-electron chi connectivity index (χ0n) is 13.0. The number of hydrogen-bond acceptors (Lipinski definition) is 2. The van der Waals surface area contributed by atoms with Gasteiger partial charge in [-0.2, -0.15) is 0 Å². The van der Waals surface area contributed by atoms with Crippen molar-refractivity contribution >= 4 is 15.9 Å². The summed E-state index contributed by atoms with van der Waals surface area (Å²) in [5.41, 5.74) is 3.95. The van der Waals surface area contributed by atoms with Gasteiger partial charge in [-0.15, -0.1) is 0 Å². The van der Waals surface area contributed by atoms with Gasteiger partial charge in [0.05, 0.1) is 0 Å². The molecule has 0 spiro atoms. The maximum atomic E-state index is 14.1. The first-order chi connectivity index (χ1) is 9.97. The topological polar surface area (TPSA) is 38.0 Å². The van der Waals surface area contributed by atoms with Gasteiger partial charge in [0.1, 0.15) is 5.82 Å². The van der Waals surface area contributed by atoms with Crippen molar-refractivity contribution < 1.29 is 4.39 Å². The highest BCUT2D eigenvalue weighted by atomic mass is 79.9. The summed E-state index contributed by atoms with van der Waals surface area (Å²) in [4.78, 5) is 0. The molecular weight excluding hydrogens is 331 g/mol. The lowest BCUT2D eigenvalue weighted by atomic mass is 9.71. The van der Waals surface area contributed by atoms with Crippen LogP contribution in [0, 0.1) is 17.2 Å². The maximum absolute atomic E-state index is 14.1. The molecule has 1 fully saturated rings. The first-order valence-corrected chi connectivity index (χ1v) is 8.66. The van der Waals surface area contributed by atoms with E-state index in [0.29, 0.717) is 12.3 Å². The Morgan fingerprint density at radius 1 is 1.33 bits per heavy atom. The minimum Gasteiger partial charge on any atom is -0.271 e. The molecule has 0 heterocycles. The molecule has 0 saturated heterocycles. The quantitative estimate of drug-likeness (QED) is 0.578. The van der Waals surface area contributed by atoms with Gasteiger partial charge in [-0.3, -0.25) is 11.3 Å². The lowest BCUT2D eigenvalue weighted by molar-refractivity contribution is 0.153. The SMILES string of the molecule is CC(C)CC1(C(Cc2cc(Br)ccc2F)NN)CCCC1. The summed E-state index contributed by atoms with van der Waals surface area (Å²) in [7, 11) is 0. The number of halogens is 2. The summed E-state index contributed by atoms with van der Waals surface area (Å²) in [5.74, 6) is 6.35. The summed E-state index contributed by atoms with van der Waals surface area (Å²) in [6, 6.07) is 5.27. The number of hydrazine groups is 1. The van der Waals surface area contributed by atoms with Gasteiger partial charge in [0.15, 0.2) is 0 Å². The van der Waals surface area contributed by atoms with Crippen LogP contribution in [0.1, 0.15) is 51.5 Å². The monoisotopic (exact) mass is 356 g/mol. The van der Waals surface area contributed by atoms with Crippen LogP contribution in [0.4, 0.5) is 4.39 Å². The van der Waals surface area contributed by atoms with Gasteiger partial charge >= 0.3 is 0 Å². The number of benzene rings is 1. The van der Waals surface area contributed by atoms with E-state index in [9.17, 15) is 4.39 Å². The second-order valence-corrected chi connectivity index (χ2v) is 7.74. The molecule has 0 aromatic heterocycles. The van der Waals surface area contributed by atoms with Crippen LogP contribution in [-0.2, 0) is 6.42 Å². The van der Waals surface area contributed by atoms with Gasteiger partial charge < -0.3 is 0 Å². The Kier molecular flexibility index (Phi) is 5.81. The largest absolute Gasteiger partial charge is 0.271 e. The molecule has 1 aliphatic carbocycles. The van der Waals surface area contributed by atoms with E-state index in [-0.39, 0.29) is 17.3 Å². The summed E-state index contributed by atoms with van der Waals surface area (Å²) in [6.07, 6.45) is 6.69. The average molecular weight is 357 g/mol. The molecule has 1 aromatic rings. The average Bonchev–Trinajstić information content (AvgIpc) is 2.88. The fourth-order valence-corrected chi connectivity index (χ4v) is 4.37. The molecule has 21 heavy (non-hydrogen) atoms. The third-order valence-corrected chi connectivity index (χ3v) is 5.28. The Morgan fingerprint density at radius 2 is 2.00 bits per heavy atom. The smallest absolute Gasteiger partial charge is 0.126 e. The zero-order valence-corrected chi connectivity index (χ0v) is 14.5. The van der Waals surface area contributed by atoms with Crippen LogP contribution < -0.4 is 11.3 Å². The Morgan fingerprint density at radius 3 is 2.57 bits per heavy atom. The molecule has 0 aliphatic heterocycles.